The number of rotatable bonds is 7. The smallest absolute Gasteiger partial charge is 0.331 e. The fourth-order valence-corrected chi connectivity index (χ4v) is 2.18. The standard InChI is InChI=1S/C16H24N2O5/c1-6-23-8-7-12-10-18(16(21)17(4)14(12)19)13(9-11(2)3)15(20)22-5/h7-8,10-11,13H,6,9H2,1-5H3/b8-7+/t13-/m0/s1. The summed E-state index contributed by atoms with van der Waals surface area (Å²) >= 11 is 0. The number of carbonyl (C=O) groups is 1. The molecule has 7 nitrogen and oxygen atoms in total. The molecule has 0 aliphatic heterocycles. The van der Waals surface area contributed by atoms with E-state index < -0.39 is 23.3 Å². The van der Waals surface area contributed by atoms with E-state index >= 15 is 0 Å². The molecule has 0 spiro atoms. The number of nitrogens with zero attached hydrogens (tertiary/aromatic N) is 2. The highest BCUT2D eigenvalue weighted by atomic mass is 16.5. The van der Waals surface area contributed by atoms with Crippen LogP contribution in [-0.2, 0) is 21.3 Å². The molecule has 23 heavy (non-hydrogen) atoms. The van der Waals surface area contributed by atoms with Crippen LogP contribution in [0.3, 0.4) is 0 Å². The van der Waals surface area contributed by atoms with Gasteiger partial charge in [-0.3, -0.25) is 13.9 Å². The minimum absolute atomic E-state index is 0.172. The zero-order chi connectivity index (χ0) is 17.6. The second kappa shape index (κ2) is 8.36. The van der Waals surface area contributed by atoms with E-state index in [4.69, 9.17) is 9.47 Å². The van der Waals surface area contributed by atoms with Gasteiger partial charge < -0.3 is 9.47 Å². The Kier molecular flexibility index (Phi) is 6.81. The van der Waals surface area contributed by atoms with E-state index in [1.807, 2.05) is 20.8 Å². The second-order valence-electron chi connectivity index (χ2n) is 5.57. The molecule has 0 saturated heterocycles. The maximum atomic E-state index is 12.4. The van der Waals surface area contributed by atoms with Gasteiger partial charge in [-0.2, -0.15) is 0 Å². The predicted molar refractivity (Wildman–Crippen MR) is 87.1 cm³/mol. The van der Waals surface area contributed by atoms with Gasteiger partial charge in [0.05, 0.1) is 25.5 Å². The number of hydrogen-bond donors (Lipinski definition) is 0. The van der Waals surface area contributed by atoms with Gasteiger partial charge in [0.15, 0.2) is 0 Å². The number of methoxy groups -OCH3 is 1. The summed E-state index contributed by atoms with van der Waals surface area (Å²) < 4.78 is 12.1. The number of esters is 1. The van der Waals surface area contributed by atoms with Crippen molar-refractivity contribution in [3.8, 4) is 0 Å². The van der Waals surface area contributed by atoms with Crippen molar-refractivity contribution in [2.45, 2.75) is 33.2 Å². The molecular formula is C16H24N2O5. The molecule has 0 fully saturated rings. The van der Waals surface area contributed by atoms with Crippen LogP contribution in [0.2, 0.25) is 0 Å². The van der Waals surface area contributed by atoms with E-state index in [2.05, 4.69) is 0 Å². The van der Waals surface area contributed by atoms with Crippen LogP contribution in [0.4, 0.5) is 0 Å². The summed E-state index contributed by atoms with van der Waals surface area (Å²) in [5, 5.41) is 0. The maximum absolute atomic E-state index is 12.4. The molecule has 0 bridgehead atoms. The van der Waals surface area contributed by atoms with Crippen LogP contribution in [0.5, 0.6) is 0 Å². The molecule has 1 aromatic rings. The summed E-state index contributed by atoms with van der Waals surface area (Å²) in [6, 6.07) is -0.779. The van der Waals surface area contributed by atoms with E-state index in [1.54, 1.807) is 0 Å². The molecular weight excluding hydrogens is 300 g/mol. The molecule has 0 aliphatic rings. The van der Waals surface area contributed by atoms with Crippen molar-refractivity contribution >= 4 is 12.0 Å². The number of carbonyl (C=O) groups excluding carboxylic acids is 1. The molecule has 1 aromatic heterocycles. The first-order valence-electron chi connectivity index (χ1n) is 7.51. The maximum Gasteiger partial charge on any atom is 0.331 e. The van der Waals surface area contributed by atoms with Crippen LogP contribution in [0.1, 0.15) is 38.8 Å². The van der Waals surface area contributed by atoms with Gasteiger partial charge in [-0.1, -0.05) is 13.8 Å². The lowest BCUT2D eigenvalue weighted by molar-refractivity contribution is -0.145. The van der Waals surface area contributed by atoms with Crippen LogP contribution < -0.4 is 11.2 Å². The molecule has 1 atom stereocenters. The van der Waals surface area contributed by atoms with Gasteiger partial charge in [0.1, 0.15) is 6.04 Å². The van der Waals surface area contributed by atoms with Gasteiger partial charge in [0, 0.05) is 13.2 Å². The van der Waals surface area contributed by atoms with Gasteiger partial charge in [0.25, 0.3) is 5.56 Å². The Morgan fingerprint density at radius 2 is 2.00 bits per heavy atom. The van der Waals surface area contributed by atoms with Gasteiger partial charge in [-0.15, -0.1) is 0 Å². The predicted octanol–water partition coefficient (Wildman–Crippen LogP) is 1.31. The van der Waals surface area contributed by atoms with Crippen molar-refractivity contribution in [1.29, 1.82) is 0 Å². The topological polar surface area (TPSA) is 79.5 Å². The Bertz CT molecular complexity index is 685. The molecule has 0 N–H and O–H groups in total. The largest absolute Gasteiger partial charge is 0.501 e. The first-order chi connectivity index (χ1) is 10.8. The molecule has 1 rings (SSSR count). The van der Waals surface area contributed by atoms with Crippen LogP contribution in [0, 0.1) is 5.92 Å². The number of aromatic nitrogens is 2. The molecule has 0 saturated carbocycles. The van der Waals surface area contributed by atoms with E-state index in [0.717, 1.165) is 4.57 Å². The quantitative estimate of drug-likeness (QED) is 0.558. The lowest BCUT2D eigenvalue weighted by atomic mass is 10.0. The molecule has 0 radical (unpaired) electrons. The van der Waals surface area contributed by atoms with E-state index in [-0.39, 0.29) is 11.5 Å². The van der Waals surface area contributed by atoms with Crippen molar-refractivity contribution in [1.82, 2.24) is 9.13 Å². The van der Waals surface area contributed by atoms with Gasteiger partial charge in [-0.05, 0) is 25.3 Å². The summed E-state index contributed by atoms with van der Waals surface area (Å²) in [6.45, 7) is 6.17. The Hall–Kier alpha value is -2.31. The highest BCUT2D eigenvalue weighted by Crippen LogP contribution is 2.17. The minimum atomic E-state index is -0.779. The Balaban J connectivity index is 3.46. The zero-order valence-electron chi connectivity index (χ0n) is 14.2. The van der Waals surface area contributed by atoms with Crippen LogP contribution in [0.25, 0.3) is 6.08 Å². The Morgan fingerprint density at radius 1 is 1.35 bits per heavy atom. The molecule has 0 amide bonds. The third-order valence-corrected chi connectivity index (χ3v) is 3.35. The van der Waals surface area contributed by atoms with Crippen molar-refractivity contribution in [2.75, 3.05) is 13.7 Å². The van der Waals surface area contributed by atoms with Gasteiger partial charge in [0.2, 0.25) is 0 Å². The van der Waals surface area contributed by atoms with E-state index in [9.17, 15) is 14.4 Å². The summed E-state index contributed by atoms with van der Waals surface area (Å²) in [7, 11) is 2.65. The molecule has 0 aromatic carbocycles. The zero-order valence-corrected chi connectivity index (χ0v) is 14.2. The molecule has 7 heteroatoms. The van der Waals surface area contributed by atoms with E-state index in [0.29, 0.717) is 13.0 Å². The fraction of sp³-hybridized carbons (Fsp3) is 0.562. The normalized spacial score (nSPS) is 12.6. The van der Waals surface area contributed by atoms with Crippen LogP contribution in [-0.4, -0.2) is 28.8 Å². The van der Waals surface area contributed by atoms with Crippen LogP contribution >= 0.6 is 0 Å². The monoisotopic (exact) mass is 324 g/mol. The summed E-state index contributed by atoms with van der Waals surface area (Å²) in [5.41, 5.74) is -0.742. The van der Waals surface area contributed by atoms with Crippen molar-refractivity contribution < 1.29 is 14.3 Å². The van der Waals surface area contributed by atoms with Gasteiger partial charge >= 0.3 is 11.7 Å². The third-order valence-electron chi connectivity index (χ3n) is 3.35. The van der Waals surface area contributed by atoms with Crippen molar-refractivity contribution in [3.05, 3.63) is 38.9 Å². The second-order valence-corrected chi connectivity index (χ2v) is 5.57. The average Bonchev–Trinajstić information content (AvgIpc) is 2.52. The SMILES string of the molecule is CCO/C=C/c1cn([C@@H](CC(C)C)C(=O)OC)c(=O)n(C)c1=O. The highest BCUT2D eigenvalue weighted by Gasteiger charge is 2.25. The summed E-state index contributed by atoms with van der Waals surface area (Å²) in [4.78, 5) is 36.6. The molecule has 128 valence electrons. The fourth-order valence-electron chi connectivity index (χ4n) is 2.18. The first-order valence-corrected chi connectivity index (χ1v) is 7.51. The minimum Gasteiger partial charge on any atom is -0.501 e. The third kappa shape index (κ3) is 4.58. The first kappa shape index (κ1) is 18.7. The summed E-state index contributed by atoms with van der Waals surface area (Å²) in [5.74, 6) is -0.343. The Morgan fingerprint density at radius 3 is 2.52 bits per heavy atom. The number of ether oxygens (including phenoxy) is 2. The number of hydrogen-bond acceptors (Lipinski definition) is 5. The molecule has 1 heterocycles. The highest BCUT2D eigenvalue weighted by molar-refractivity contribution is 5.74. The average molecular weight is 324 g/mol. The van der Waals surface area contributed by atoms with Crippen molar-refractivity contribution in [2.24, 2.45) is 13.0 Å². The molecule has 0 aliphatic carbocycles. The van der Waals surface area contributed by atoms with Gasteiger partial charge in [-0.25, -0.2) is 9.59 Å². The lowest BCUT2D eigenvalue weighted by Gasteiger charge is -2.20. The summed E-state index contributed by atoms with van der Waals surface area (Å²) in [6.07, 6.45) is 4.68. The van der Waals surface area contributed by atoms with Crippen LogP contribution in [0.15, 0.2) is 22.0 Å². The lowest BCUT2D eigenvalue weighted by Crippen LogP contribution is -2.42. The Labute approximate surface area is 135 Å². The molecule has 0 unspecified atom stereocenters. The van der Waals surface area contributed by atoms with Crippen molar-refractivity contribution in [3.63, 3.8) is 0 Å². The van der Waals surface area contributed by atoms with E-state index in [1.165, 1.54) is 37.3 Å².